The first-order valence-electron chi connectivity index (χ1n) is 6.34. The minimum atomic E-state index is -0.479. The molecule has 5 nitrogen and oxygen atoms in total. The van der Waals surface area contributed by atoms with Crippen LogP contribution in [0.5, 0.6) is 5.88 Å². The molecule has 106 valence electrons. The van der Waals surface area contributed by atoms with Crippen molar-refractivity contribution in [3.05, 3.63) is 34.9 Å². The quantitative estimate of drug-likeness (QED) is 0.902. The maximum absolute atomic E-state index is 11.9. The molecule has 0 bridgehead atoms. The lowest BCUT2D eigenvalue weighted by atomic mass is 9.99. The number of primary amides is 1. The molecule has 1 aromatic heterocycles. The van der Waals surface area contributed by atoms with Crippen molar-refractivity contribution >= 4 is 16.8 Å². The van der Waals surface area contributed by atoms with Gasteiger partial charge in [-0.05, 0) is 19.1 Å². The number of rotatable bonds is 5. The lowest BCUT2D eigenvalue weighted by Crippen LogP contribution is -2.17. The zero-order valence-electron chi connectivity index (χ0n) is 11.9. The zero-order valence-corrected chi connectivity index (χ0v) is 11.9. The van der Waals surface area contributed by atoms with Gasteiger partial charge in [-0.25, -0.2) is 4.98 Å². The Morgan fingerprint density at radius 3 is 2.70 bits per heavy atom. The van der Waals surface area contributed by atoms with Gasteiger partial charge in [-0.3, -0.25) is 4.79 Å². The summed E-state index contributed by atoms with van der Waals surface area (Å²) in [6.45, 7) is 2.43. The van der Waals surface area contributed by atoms with Crippen LogP contribution in [0.1, 0.15) is 21.5 Å². The fourth-order valence-corrected chi connectivity index (χ4v) is 2.28. The van der Waals surface area contributed by atoms with Crippen molar-refractivity contribution < 1.29 is 14.3 Å². The molecule has 1 amide bonds. The summed E-state index contributed by atoms with van der Waals surface area (Å²) in [5.41, 5.74) is 8.47. The molecular formula is C15H18N2O3. The third-order valence-electron chi connectivity index (χ3n) is 3.20. The number of nitrogens with zero attached hydrogens (tertiary/aromatic N) is 1. The fraction of sp³-hybridized carbons (Fsp3) is 0.333. The van der Waals surface area contributed by atoms with E-state index in [9.17, 15) is 4.79 Å². The summed E-state index contributed by atoms with van der Waals surface area (Å²) in [4.78, 5) is 16.3. The zero-order chi connectivity index (χ0) is 14.7. The van der Waals surface area contributed by atoms with Gasteiger partial charge in [0.25, 0.3) is 0 Å². The summed E-state index contributed by atoms with van der Waals surface area (Å²) < 4.78 is 10.4. The van der Waals surface area contributed by atoms with Crippen LogP contribution in [-0.4, -0.2) is 31.7 Å². The van der Waals surface area contributed by atoms with Gasteiger partial charge in [0.2, 0.25) is 11.8 Å². The Labute approximate surface area is 117 Å². The van der Waals surface area contributed by atoms with Crippen LogP contribution in [-0.2, 0) is 11.2 Å². The normalized spacial score (nSPS) is 10.8. The van der Waals surface area contributed by atoms with Crippen molar-refractivity contribution in [2.75, 3.05) is 20.8 Å². The first kappa shape index (κ1) is 14.3. The summed E-state index contributed by atoms with van der Waals surface area (Å²) in [5, 5.41) is 0.754. The van der Waals surface area contributed by atoms with Crippen molar-refractivity contribution in [3.63, 3.8) is 0 Å². The summed E-state index contributed by atoms with van der Waals surface area (Å²) in [7, 11) is 3.14. The Morgan fingerprint density at radius 1 is 1.35 bits per heavy atom. The Balaban J connectivity index is 2.78. The predicted molar refractivity (Wildman–Crippen MR) is 77.1 cm³/mol. The van der Waals surface area contributed by atoms with Crippen LogP contribution < -0.4 is 10.5 Å². The largest absolute Gasteiger partial charge is 0.481 e. The van der Waals surface area contributed by atoms with Gasteiger partial charge in [0.1, 0.15) is 0 Å². The second kappa shape index (κ2) is 5.88. The lowest BCUT2D eigenvalue weighted by Gasteiger charge is -2.14. The number of amides is 1. The topological polar surface area (TPSA) is 74.4 Å². The highest BCUT2D eigenvalue weighted by molar-refractivity contribution is 6.07. The van der Waals surface area contributed by atoms with Crippen LogP contribution in [0, 0.1) is 6.92 Å². The Morgan fingerprint density at radius 2 is 2.10 bits per heavy atom. The van der Waals surface area contributed by atoms with E-state index in [2.05, 4.69) is 4.98 Å². The van der Waals surface area contributed by atoms with Gasteiger partial charge in [0.05, 0.1) is 24.8 Å². The first-order chi connectivity index (χ1) is 9.58. The highest BCUT2D eigenvalue weighted by Crippen LogP contribution is 2.29. The fourth-order valence-electron chi connectivity index (χ4n) is 2.28. The Hall–Kier alpha value is -2.14. The number of fused-ring (bicyclic) bond motifs is 1. The number of carbonyl (C=O) groups is 1. The molecule has 0 radical (unpaired) electrons. The molecule has 2 aromatic rings. The molecule has 0 saturated carbocycles. The molecule has 0 atom stereocenters. The Bertz CT molecular complexity index is 653. The summed E-state index contributed by atoms with van der Waals surface area (Å²) in [5.74, 6) is -0.0559. The third kappa shape index (κ3) is 2.58. The molecule has 0 aliphatic carbocycles. The maximum atomic E-state index is 11.9. The molecule has 1 heterocycles. The molecule has 0 fully saturated rings. The number of methoxy groups -OCH3 is 2. The molecule has 0 saturated heterocycles. The van der Waals surface area contributed by atoms with E-state index in [0.717, 1.165) is 10.9 Å². The van der Waals surface area contributed by atoms with Gasteiger partial charge in [-0.2, -0.15) is 0 Å². The molecule has 2 N–H and O–H groups in total. The van der Waals surface area contributed by atoms with Gasteiger partial charge >= 0.3 is 0 Å². The first-order valence-corrected chi connectivity index (χ1v) is 6.34. The van der Waals surface area contributed by atoms with Crippen molar-refractivity contribution in [2.24, 2.45) is 5.73 Å². The number of pyridine rings is 1. The highest BCUT2D eigenvalue weighted by atomic mass is 16.5. The SMILES string of the molecule is COCCc1c(OC)nc2ccc(C)cc2c1C(N)=O. The van der Waals surface area contributed by atoms with Gasteiger partial charge in [0, 0.05) is 24.5 Å². The minimum Gasteiger partial charge on any atom is -0.481 e. The number of nitrogens with two attached hydrogens (primary N) is 1. The van der Waals surface area contributed by atoms with Crippen molar-refractivity contribution in [1.29, 1.82) is 0 Å². The van der Waals surface area contributed by atoms with Gasteiger partial charge in [0.15, 0.2) is 0 Å². The van der Waals surface area contributed by atoms with Gasteiger partial charge in [-0.15, -0.1) is 0 Å². The number of aromatic nitrogens is 1. The van der Waals surface area contributed by atoms with Crippen molar-refractivity contribution in [3.8, 4) is 5.88 Å². The van der Waals surface area contributed by atoms with E-state index < -0.39 is 5.91 Å². The van der Waals surface area contributed by atoms with E-state index in [4.69, 9.17) is 15.2 Å². The molecule has 1 aromatic carbocycles. The van der Waals surface area contributed by atoms with Crippen LogP contribution in [0.2, 0.25) is 0 Å². The van der Waals surface area contributed by atoms with E-state index in [0.29, 0.717) is 35.6 Å². The molecule has 0 aliphatic rings. The molecule has 2 rings (SSSR count). The van der Waals surface area contributed by atoms with Crippen molar-refractivity contribution in [1.82, 2.24) is 4.98 Å². The second-order valence-electron chi connectivity index (χ2n) is 4.60. The van der Waals surface area contributed by atoms with Crippen LogP contribution in [0.15, 0.2) is 18.2 Å². The van der Waals surface area contributed by atoms with E-state index in [-0.39, 0.29) is 0 Å². The number of carbonyl (C=O) groups excluding carboxylic acids is 1. The van der Waals surface area contributed by atoms with Gasteiger partial charge in [-0.1, -0.05) is 11.6 Å². The van der Waals surface area contributed by atoms with E-state index >= 15 is 0 Å². The third-order valence-corrected chi connectivity index (χ3v) is 3.20. The number of hydrogen-bond donors (Lipinski definition) is 1. The standard InChI is InChI=1S/C15H18N2O3/c1-9-4-5-12-11(8-9)13(14(16)18)10(6-7-19-2)15(17-12)20-3/h4-5,8H,6-7H2,1-3H3,(H2,16,18). The van der Waals surface area contributed by atoms with E-state index in [1.165, 1.54) is 7.11 Å². The monoisotopic (exact) mass is 274 g/mol. The Kier molecular flexibility index (Phi) is 4.20. The lowest BCUT2D eigenvalue weighted by molar-refractivity contribution is 0.1000. The number of benzene rings is 1. The molecule has 20 heavy (non-hydrogen) atoms. The second-order valence-corrected chi connectivity index (χ2v) is 4.60. The molecule has 5 heteroatoms. The van der Waals surface area contributed by atoms with Crippen molar-refractivity contribution in [2.45, 2.75) is 13.3 Å². The smallest absolute Gasteiger partial charge is 0.249 e. The maximum Gasteiger partial charge on any atom is 0.249 e. The summed E-state index contributed by atoms with van der Waals surface area (Å²) >= 11 is 0. The predicted octanol–water partition coefficient (Wildman–Crippen LogP) is 1.84. The van der Waals surface area contributed by atoms with E-state index in [1.807, 2.05) is 25.1 Å². The molecule has 0 aliphatic heterocycles. The number of hydrogen-bond acceptors (Lipinski definition) is 4. The average Bonchev–Trinajstić information content (AvgIpc) is 2.43. The number of aryl methyl sites for hydroxylation is 1. The summed E-state index contributed by atoms with van der Waals surface area (Å²) in [6, 6.07) is 5.71. The average molecular weight is 274 g/mol. The van der Waals surface area contributed by atoms with Crippen LogP contribution in [0.25, 0.3) is 10.9 Å². The summed E-state index contributed by atoms with van der Waals surface area (Å²) in [6.07, 6.45) is 0.523. The van der Waals surface area contributed by atoms with E-state index in [1.54, 1.807) is 7.11 Å². The van der Waals surface area contributed by atoms with Gasteiger partial charge < -0.3 is 15.2 Å². The van der Waals surface area contributed by atoms with Crippen LogP contribution in [0.3, 0.4) is 0 Å². The molecular weight excluding hydrogens is 256 g/mol. The molecule has 0 spiro atoms. The number of ether oxygens (including phenoxy) is 2. The minimum absolute atomic E-state index is 0.423. The van der Waals surface area contributed by atoms with Crippen LogP contribution in [0.4, 0.5) is 0 Å². The molecule has 0 unspecified atom stereocenters. The van der Waals surface area contributed by atoms with Crippen LogP contribution >= 0.6 is 0 Å². The highest BCUT2D eigenvalue weighted by Gasteiger charge is 2.19.